The number of rotatable bonds is 7. The second kappa shape index (κ2) is 8.30. The van der Waals surface area contributed by atoms with Gasteiger partial charge in [0.1, 0.15) is 5.75 Å². The molecule has 0 unspecified atom stereocenters. The normalized spacial score (nSPS) is 11.1. The maximum atomic E-state index is 11.0. The number of benzene rings is 1. The van der Waals surface area contributed by atoms with Crippen LogP contribution >= 0.6 is 0 Å². The summed E-state index contributed by atoms with van der Waals surface area (Å²) in [4.78, 5) is 11.0. The predicted molar refractivity (Wildman–Crippen MR) is 86.1 cm³/mol. The molecule has 0 aliphatic rings. The lowest BCUT2D eigenvalue weighted by molar-refractivity contribution is 0.0696. The summed E-state index contributed by atoms with van der Waals surface area (Å²) in [5, 5.41) is 9.06. The number of aromatic carboxylic acids is 1. The molecule has 1 rings (SSSR count). The molecule has 0 aliphatic heterocycles. The lowest BCUT2D eigenvalue weighted by Crippen LogP contribution is -1.99. The van der Waals surface area contributed by atoms with Gasteiger partial charge in [0, 0.05) is 0 Å². The van der Waals surface area contributed by atoms with Crippen LogP contribution < -0.4 is 4.74 Å². The van der Waals surface area contributed by atoms with Crippen molar-refractivity contribution in [2.24, 2.45) is 0 Å². The van der Waals surface area contributed by atoms with Gasteiger partial charge in [0.15, 0.2) is 0 Å². The molecule has 0 fully saturated rings. The van der Waals surface area contributed by atoms with Gasteiger partial charge in [-0.15, -0.1) is 0 Å². The highest BCUT2D eigenvalue weighted by Crippen LogP contribution is 2.22. The molecule has 1 aromatic rings. The first-order valence-electron chi connectivity index (χ1n) is 7.13. The van der Waals surface area contributed by atoms with Crippen LogP contribution in [-0.2, 0) is 6.42 Å². The van der Waals surface area contributed by atoms with E-state index in [2.05, 4.69) is 32.9 Å². The standard InChI is InChI=1S/C18H24O3/c1-13(2)6-5-7-14(3)8-9-15-12-16(18(19)20)10-11-17(15)21-4/h6,8,10-12H,5,7,9H2,1-4H3,(H,19,20)/b14-8+. The van der Waals surface area contributed by atoms with Gasteiger partial charge in [-0.1, -0.05) is 23.3 Å². The number of carboxylic acids is 1. The van der Waals surface area contributed by atoms with E-state index in [4.69, 9.17) is 9.84 Å². The van der Waals surface area contributed by atoms with E-state index in [9.17, 15) is 4.79 Å². The van der Waals surface area contributed by atoms with Crippen LogP contribution in [0.3, 0.4) is 0 Å². The Morgan fingerprint density at radius 2 is 1.95 bits per heavy atom. The van der Waals surface area contributed by atoms with Gasteiger partial charge in [0.05, 0.1) is 12.7 Å². The monoisotopic (exact) mass is 288 g/mol. The van der Waals surface area contributed by atoms with Gasteiger partial charge in [-0.3, -0.25) is 0 Å². The van der Waals surface area contributed by atoms with E-state index >= 15 is 0 Å². The van der Waals surface area contributed by atoms with Crippen molar-refractivity contribution < 1.29 is 14.6 Å². The summed E-state index contributed by atoms with van der Waals surface area (Å²) < 4.78 is 5.29. The molecule has 1 aromatic carbocycles. The number of methoxy groups -OCH3 is 1. The van der Waals surface area contributed by atoms with Crippen LogP contribution in [0.4, 0.5) is 0 Å². The molecule has 3 nitrogen and oxygen atoms in total. The molecule has 0 bridgehead atoms. The topological polar surface area (TPSA) is 46.5 Å². The van der Waals surface area contributed by atoms with Crippen LogP contribution in [0.25, 0.3) is 0 Å². The van der Waals surface area contributed by atoms with Gasteiger partial charge in [-0.05, 0) is 63.8 Å². The van der Waals surface area contributed by atoms with Gasteiger partial charge in [0.2, 0.25) is 0 Å². The van der Waals surface area contributed by atoms with Gasteiger partial charge < -0.3 is 9.84 Å². The van der Waals surface area contributed by atoms with Gasteiger partial charge in [-0.2, -0.15) is 0 Å². The summed E-state index contributed by atoms with van der Waals surface area (Å²) in [6.07, 6.45) is 7.11. The predicted octanol–water partition coefficient (Wildman–Crippen LogP) is 4.63. The maximum absolute atomic E-state index is 11.0. The average molecular weight is 288 g/mol. The van der Waals surface area contributed by atoms with E-state index in [0.29, 0.717) is 12.0 Å². The highest BCUT2D eigenvalue weighted by atomic mass is 16.5. The first kappa shape index (κ1) is 17.0. The zero-order valence-corrected chi connectivity index (χ0v) is 13.3. The molecule has 0 aliphatic carbocycles. The molecule has 0 saturated carbocycles. The van der Waals surface area contributed by atoms with Crippen molar-refractivity contribution in [1.82, 2.24) is 0 Å². The van der Waals surface area contributed by atoms with E-state index in [1.807, 2.05) is 0 Å². The highest BCUT2D eigenvalue weighted by Gasteiger charge is 2.08. The van der Waals surface area contributed by atoms with E-state index in [0.717, 1.165) is 24.2 Å². The maximum Gasteiger partial charge on any atom is 0.335 e. The van der Waals surface area contributed by atoms with Gasteiger partial charge in [0.25, 0.3) is 0 Å². The fourth-order valence-corrected chi connectivity index (χ4v) is 2.05. The Bertz CT molecular complexity index is 550. The minimum absolute atomic E-state index is 0.293. The van der Waals surface area contributed by atoms with Crippen molar-refractivity contribution >= 4 is 5.97 Å². The first-order chi connectivity index (χ1) is 9.93. The third-order valence-electron chi connectivity index (χ3n) is 3.29. The lowest BCUT2D eigenvalue weighted by atomic mass is 10.0. The van der Waals surface area contributed by atoms with Crippen molar-refractivity contribution in [3.63, 3.8) is 0 Å². The molecular weight excluding hydrogens is 264 g/mol. The smallest absolute Gasteiger partial charge is 0.335 e. The summed E-state index contributed by atoms with van der Waals surface area (Å²) in [5.74, 6) is -0.184. The van der Waals surface area contributed by atoms with Gasteiger partial charge in [-0.25, -0.2) is 4.79 Å². The molecule has 114 valence electrons. The summed E-state index contributed by atoms with van der Waals surface area (Å²) >= 11 is 0. The van der Waals surface area contributed by atoms with E-state index < -0.39 is 5.97 Å². The molecule has 0 spiro atoms. The molecule has 0 aromatic heterocycles. The number of allylic oxidation sites excluding steroid dienone is 4. The number of hydrogen-bond acceptors (Lipinski definition) is 2. The Labute approximate surface area is 127 Å². The van der Waals surface area contributed by atoms with Crippen LogP contribution in [0.2, 0.25) is 0 Å². The van der Waals surface area contributed by atoms with Crippen LogP contribution in [0.5, 0.6) is 5.75 Å². The fraction of sp³-hybridized carbons (Fsp3) is 0.389. The van der Waals surface area contributed by atoms with Crippen molar-refractivity contribution in [2.75, 3.05) is 7.11 Å². The van der Waals surface area contributed by atoms with E-state index in [1.54, 1.807) is 25.3 Å². The Hall–Kier alpha value is -2.03. The molecule has 0 atom stereocenters. The van der Waals surface area contributed by atoms with E-state index in [1.165, 1.54) is 11.1 Å². The SMILES string of the molecule is COc1ccc(C(=O)O)cc1C/C=C(\C)CCC=C(C)C. The summed E-state index contributed by atoms with van der Waals surface area (Å²) in [6.45, 7) is 6.30. The quantitative estimate of drug-likeness (QED) is 0.744. The van der Waals surface area contributed by atoms with Crippen molar-refractivity contribution in [3.8, 4) is 5.75 Å². The molecule has 0 amide bonds. The molecule has 21 heavy (non-hydrogen) atoms. The third-order valence-corrected chi connectivity index (χ3v) is 3.29. The molecule has 3 heteroatoms. The molecule has 0 radical (unpaired) electrons. The summed E-state index contributed by atoms with van der Waals surface area (Å²) in [5.41, 5.74) is 3.83. The Morgan fingerprint density at radius 3 is 2.52 bits per heavy atom. The second-order valence-corrected chi connectivity index (χ2v) is 5.41. The second-order valence-electron chi connectivity index (χ2n) is 5.41. The Morgan fingerprint density at radius 1 is 1.24 bits per heavy atom. The average Bonchev–Trinajstić information content (AvgIpc) is 2.44. The van der Waals surface area contributed by atoms with Crippen molar-refractivity contribution in [2.45, 2.75) is 40.0 Å². The van der Waals surface area contributed by atoms with Crippen LogP contribution in [0, 0.1) is 0 Å². The molecule has 0 saturated heterocycles. The molecule has 0 heterocycles. The summed E-state index contributed by atoms with van der Waals surface area (Å²) in [7, 11) is 1.60. The Balaban J connectivity index is 2.79. The van der Waals surface area contributed by atoms with E-state index in [-0.39, 0.29) is 0 Å². The summed E-state index contributed by atoms with van der Waals surface area (Å²) in [6, 6.07) is 4.96. The Kier molecular flexibility index (Phi) is 6.73. The largest absolute Gasteiger partial charge is 0.496 e. The van der Waals surface area contributed by atoms with Crippen molar-refractivity contribution in [3.05, 3.63) is 52.6 Å². The molecular formula is C18H24O3. The zero-order chi connectivity index (χ0) is 15.8. The van der Waals surface area contributed by atoms with Crippen LogP contribution in [0.1, 0.15) is 49.5 Å². The fourth-order valence-electron chi connectivity index (χ4n) is 2.05. The van der Waals surface area contributed by atoms with Crippen LogP contribution in [0.15, 0.2) is 41.5 Å². The zero-order valence-electron chi connectivity index (χ0n) is 13.3. The van der Waals surface area contributed by atoms with Gasteiger partial charge >= 0.3 is 5.97 Å². The van der Waals surface area contributed by atoms with Crippen molar-refractivity contribution in [1.29, 1.82) is 0 Å². The lowest BCUT2D eigenvalue weighted by Gasteiger charge is -2.08. The van der Waals surface area contributed by atoms with Crippen LogP contribution in [-0.4, -0.2) is 18.2 Å². The number of carbonyl (C=O) groups is 1. The minimum Gasteiger partial charge on any atom is -0.496 e. The number of carboxylic acid groups (broad SMARTS) is 1. The molecule has 1 N–H and O–H groups in total. The number of ether oxygens (including phenoxy) is 1. The number of hydrogen-bond donors (Lipinski definition) is 1. The highest BCUT2D eigenvalue weighted by molar-refractivity contribution is 5.88. The minimum atomic E-state index is -0.914. The first-order valence-corrected chi connectivity index (χ1v) is 7.13. The third kappa shape index (κ3) is 5.86.